The van der Waals surface area contributed by atoms with Gasteiger partial charge in [0.15, 0.2) is 0 Å². The summed E-state index contributed by atoms with van der Waals surface area (Å²) in [5.74, 6) is 0. The zero-order valence-corrected chi connectivity index (χ0v) is 13.7. The second-order valence-electron chi connectivity index (χ2n) is 5.51. The molecule has 1 heterocycles. The molecule has 0 saturated carbocycles. The van der Waals surface area contributed by atoms with Crippen LogP contribution in [0.25, 0.3) is 11.3 Å². The highest BCUT2D eigenvalue weighted by Crippen LogP contribution is 2.22. The van der Waals surface area contributed by atoms with E-state index in [4.69, 9.17) is 16.9 Å². The third-order valence-electron chi connectivity index (χ3n) is 3.79. The van der Waals surface area contributed by atoms with E-state index in [1.54, 1.807) is 6.07 Å². The molecule has 0 atom stereocenters. The minimum atomic E-state index is 0.264. The van der Waals surface area contributed by atoms with Gasteiger partial charge in [0.25, 0.3) is 0 Å². The van der Waals surface area contributed by atoms with Crippen molar-refractivity contribution >= 4 is 11.6 Å². The summed E-state index contributed by atoms with van der Waals surface area (Å²) in [6.07, 6.45) is 7.65. The number of aryl methyl sites for hydroxylation is 1. The molecule has 0 aliphatic heterocycles. The monoisotopic (exact) mass is 312 g/mol. The van der Waals surface area contributed by atoms with E-state index >= 15 is 0 Å². The van der Waals surface area contributed by atoms with Crippen LogP contribution in [0.3, 0.4) is 0 Å². The molecular formula is C19H21ClN2. The van der Waals surface area contributed by atoms with Crippen molar-refractivity contribution in [2.75, 3.05) is 0 Å². The Morgan fingerprint density at radius 2 is 1.73 bits per heavy atom. The van der Waals surface area contributed by atoms with Crippen molar-refractivity contribution < 1.29 is 0 Å². The molecule has 3 heteroatoms. The van der Waals surface area contributed by atoms with Crippen LogP contribution < -0.4 is 0 Å². The molecule has 0 saturated heterocycles. The topological polar surface area (TPSA) is 36.7 Å². The first kappa shape index (κ1) is 16.5. The molecule has 2 rings (SSSR count). The van der Waals surface area contributed by atoms with Crippen LogP contribution in [-0.4, -0.2) is 4.98 Å². The highest BCUT2D eigenvalue weighted by Gasteiger charge is 2.05. The molecule has 0 spiro atoms. The van der Waals surface area contributed by atoms with Crippen LogP contribution in [0, 0.1) is 11.3 Å². The average Bonchev–Trinajstić information content (AvgIpc) is 2.55. The van der Waals surface area contributed by atoms with Crippen LogP contribution in [0.5, 0.6) is 0 Å². The first-order chi connectivity index (χ1) is 10.7. The number of rotatable bonds is 7. The molecule has 0 unspecified atom stereocenters. The van der Waals surface area contributed by atoms with Crippen LogP contribution in [0.2, 0.25) is 5.15 Å². The van der Waals surface area contributed by atoms with E-state index in [1.807, 2.05) is 12.1 Å². The molecule has 0 amide bonds. The molecule has 0 aliphatic rings. The number of halogens is 1. The molecule has 0 aliphatic carbocycles. The Labute approximate surface area is 137 Å². The normalized spacial score (nSPS) is 10.4. The average molecular weight is 313 g/mol. The summed E-state index contributed by atoms with van der Waals surface area (Å²) >= 11 is 5.99. The van der Waals surface area contributed by atoms with E-state index in [0.717, 1.165) is 17.7 Å². The first-order valence-corrected chi connectivity index (χ1v) is 8.28. The maximum Gasteiger partial charge on any atom is 0.147 e. The summed E-state index contributed by atoms with van der Waals surface area (Å²) in [5.41, 5.74) is 3.61. The second kappa shape index (κ2) is 8.56. The minimum absolute atomic E-state index is 0.264. The van der Waals surface area contributed by atoms with Gasteiger partial charge in [-0.25, -0.2) is 4.98 Å². The molecule has 0 N–H and O–H groups in total. The zero-order valence-electron chi connectivity index (χ0n) is 13.0. The number of unbranched alkanes of at least 4 members (excludes halogenated alkanes) is 4. The highest BCUT2D eigenvalue weighted by molar-refractivity contribution is 6.30. The van der Waals surface area contributed by atoms with Gasteiger partial charge in [0.1, 0.15) is 11.2 Å². The summed E-state index contributed by atoms with van der Waals surface area (Å²) in [7, 11) is 0. The lowest BCUT2D eigenvalue weighted by Gasteiger charge is -2.05. The fourth-order valence-electron chi connectivity index (χ4n) is 2.45. The smallest absolute Gasteiger partial charge is 0.147 e. The lowest BCUT2D eigenvalue weighted by atomic mass is 10.0. The molecule has 0 radical (unpaired) electrons. The van der Waals surface area contributed by atoms with Crippen molar-refractivity contribution in [1.29, 1.82) is 5.26 Å². The summed E-state index contributed by atoms with van der Waals surface area (Å²) in [5, 5.41) is 9.14. The number of hydrogen-bond acceptors (Lipinski definition) is 2. The van der Waals surface area contributed by atoms with E-state index in [9.17, 15) is 0 Å². The molecule has 1 aromatic carbocycles. The molecule has 114 valence electrons. The van der Waals surface area contributed by atoms with E-state index in [2.05, 4.69) is 36.2 Å². The van der Waals surface area contributed by atoms with Crippen LogP contribution in [-0.2, 0) is 6.42 Å². The van der Waals surface area contributed by atoms with Crippen molar-refractivity contribution in [3.05, 3.63) is 52.7 Å². The fraction of sp³-hybridized carbons (Fsp3) is 0.368. The van der Waals surface area contributed by atoms with Crippen LogP contribution in [0.15, 0.2) is 36.4 Å². The molecular weight excluding hydrogens is 292 g/mol. The standard InChI is InChI=1S/C19H21ClN2/c1-2-3-4-5-6-7-15-8-10-16(11-9-15)18-13-12-17(14-21)19(20)22-18/h8-13H,2-7H2,1H3. The third-order valence-corrected chi connectivity index (χ3v) is 4.08. The number of aromatic nitrogens is 1. The molecule has 0 bridgehead atoms. The van der Waals surface area contributed by atoms with Crippen molar-refractivity contribution in [3.63, 3.8) is 0 Å². The Bertz CT molecular complexity index is 641. The van der Waals surface area contributed by atoms with Gasteiger partial charge >= 0.3 is 0 Å². The number of pyridine rings is 1. The van der Waals surface area contributed by atoms with Gasteiger partial charge in [0.2, 0.25) is 0 Å². The minimum Gasteiger partial charge on any atom is -0.235 e. The third kappa shape index (κ3) is 4.58. The summed E-state index contributed by atoms with van der Waals surface area (Å²) < 4.78 is 0. The maximum absolute atomic E-state index is 8.88. The fourth-order valence-corrected chi connectivity index (χ4v) is 2.65. The Balaban J connectivity index is 1.97. The predicted molar refractivity (Wildman–Crippen MR) is 91.9 cm³/mol. The Hall–Kier alpha value is -1.85. The van der Waals surface area contributed by atoms with E-state index in [0.29, 0.717) is 5.56 Å². The summed E-state index contributed by atoms with van der Waals surface area (Å²) in [4.78, 5) is 4.28. The van der Waals surface area contributed by atoms with E-state index < -0.39 is 0 Å². The van der Waals surface area contributed by atoms with Crippen molar-refractivity contribution in [2.45, 2.75) is 45.4 Å². The van der Waals surface area contributed by atoms with E-state index in [1.165, 1.54) is 37.7 Å². The number of benzene rings is 1. The summed E-state index contributed by atoms with van der Waals surface area (Å²) in [6.45, 7) is 2.24. The Kier molecular flexibility index (Phi) is 6.43. The Morgan fingerprint density at radius 3 is 2.36 bits per heavy atom. The van der Waals surface area contributed by atoms with Crippen LogP contribution >= 0.6 is 11.6 Å². The van der Waals surface area contributed by atoms with Gasteiger partial charge in [-0.05, 0) is 30.5 Å². The quantitative estimate of drug-likeness (QED) is 0.479. The second-order valence-corrected chi connectivity index (χ2v) is 5.87. The van der Waals surface area contributed by atoms with Crippen molar-refractivity contribution in [2.24, 2.45) is 0 Å². The predicted octanol–water partition coefficient (Wildman–Crippen LogP) is 5.79. The number of hydrogen-bond donors (Lipinski definition) is 0. The SMILES string of the molecule is CCCCCCCc1ccc(-c2ccc(C#N)c(Cl)n2)cc1. The number of nitriles is 1. The first-order valence-electron chi connectivity index (χ1n) is 7.90. The van der Waals surface area contributed by atoms with Gasteiger partial charge < -0.3 is 0 Å². The Morgan fingerprint density at radius 1 is 1.00 bits per heavy atom. The lowest BCUT2D eigenvalue weighted by Crippen LogP contribution is -1.89. The van der Waals surface area contributed by atoms with Gasteiger partial charge in [-0.15, -0.1) is 0 Å². The molecule has 2 nitrogen and oxygen atoms in total. The van der Waals surface area contributed by atoms with Crippen molar-refractivity contribution in [3.8, 4) is 17.3 Å². The lowest BCUT2D eigenvalue weighted by molar-refractivity contribution is 0.632. The van der Waals surface area contributed by atoms with Gasteiger partial charge in [0, 0.05) is 5.56 Å². The van der Waals surface area contributed by atoms with Gasteiger partial charge in [-0.2, -0.15) is 5.26 Å². The maximum atomic E-state index is 8.88. The van der Waals surface area contributed by atoms with E-state index in [-0.39, 0.29) is 5.15 Å². The molecule has 22 heavy (non-hydrogen) atoms. The molecule has 2 aromatic rings. The zero-order chi connectivity index (χ0) is 15.8. The largest absolute Gasteiger partial charge is 0.235 e. The van der Waals surface area contributed by atoms with Gasteiger partial charge in [0.05, 0.1) is 11.3 Å². The highest BCUT2D eigenvalue weighted by atomic mass is 35.5. The molecule has 0 fully saturated rings. The van der Waals surface area contributed by atoms with Gasteiger partial charge in [-0.3, -0.25) is 0 Å². The summed E-state index contributed by atoms with van der Waals surface area (Å²) in [6, 6.07) is 14.0. The molecule has 1 aromatic heterocycles. The van der Waals surface area contributed by atoms with Crippen LogP contribution in [0.1, 0.15) is 50.2 Å². The van der Waals surface area contributed by atoms with Gasteiger partial charge in [-0.1, -0.05) is 68.5 Å². The van der Waals surface area contributed by atoms with Crippen LogP contribution in [0.4, 0.5) is 0 Å². The van der Waals surface area contributed by atoms with Crippen molar-refractivity contribution in [1.82, 2.24) is 4.98 Å². The number of nitrogens with zero attached hydrogens (tertiary/aromatic N) is 2.